The molecule has 1 rings (SSSR count). The summed E-state index contributed by atoms with van der Waals surface area (Å²) in [6.07, 6.45) is 5.73. The van der Waals surface area contributed by atoms with E-state index in [-0.39, 0.29) is 0 Å². The second kappa shape index (κ2) is 5.49. The first-order valence-electron chi connectivity index (χ1n) is 5.20. The van der Waals surface area contributed by atoms with E-state index in [0.717, 1.165) is 0 Å². The summed E-state index contributed by atoms with van der Waals surface area (Å²) in [4.78, 5) is 6.52. The van der Waals surface area contributed by atoms with E-state index in [0.29, 0.717) is 18.0 Å². The summed E-state index contributed by atoms with van der Waals surface area (Å²) < 4.78 is 0. The molecule has 1 aliphatic rings. The second-order valence-electron chi connectivity index (χ2n) is 3.96. The largest absolute Gasteiger partial charge is 0.370 e. The Labute approximate surface area is 91.1 Å². The Morgan fingerprint density at radius 3 is 2.79 bits per heavy atom. The molecule has 0 aromatic rings. The van der Waals surface area contributed by atoms with E-state index in [2.05, 4.69) is 23.1 Å². The zero-order valence-corrected chi connectivity index (χ0v) is 10.2. The van der Waals surface area contributed by atoms with Crippen molar-refractivity contribution in [2.45, 2.75) is 38.3 Å². The lowest BCUT2D eigenvalue weighted by molar-refractivity contribution is 0.377. The average Bonchev–Trinajstić information content (AvgIpc) is 2.96. The number of hydrogen-bond acceptors (Lipinski definition) is 2. The average molecular weight is 215 g/mol. The highest BCUT2D eigenvalue weighted by Crippen LogP contribution is 2.23. The van der Waals surface area contributed by atoms with E-state index in [1.54, 1.807) is 0 Å². The highest BCUT2D eigenvalue weighted by Gasteiger charge is 2.22. The molecule has 0 aliphatic heterocycles. The second-order valence-corrected chi connectivity index (χ2v) is 4.95. The molecule has 0 saturated heterocycles. The number of guanidine groups is 1. The van der Waals surface area contributed by atoms with Crippen molar-refractivity contribution in [1.29, 1.82) is 0 Å². The molecule has 82 valence electrons. The first-order chi connectivity index (χ1) is 6.65. The third-order valence-corrected chi connectivity index (χ3v) is 3.27. The van der Waals surface area contributed by atoms with Gasteiger partial charge in [-0.3, -0.25) is 0 Å². The van der Waals surface area contributed by atoms with Crippen LogP contribution in [-0.4, -0.2) is 42.0 Å². The van der Waals surface area contributed by atoms with Crippen molar-refractivity contribution >= 4 is 17.7 Å². The first-order valence-corrected chi connectivity index (χ1v) is 6.59. The zero-order chi connectivity index (χ0) is 10.6. The van der Waals surface area contributed by atoms with Crippen LogP contribution in [0.2, 0.25) is 0 Å². The number of hydrogen-bond donors (Lipinski definition) is 1. The number of thioether (sulfide) groups is 1. The molecule has 0 aromatic heterocycles. The molecule has 0 bridgehead atoms. The fourth-order valence-electron chi connectivity index (χ4n) is 1.19. The van der Waals surface area contributed by atoms with Gasteiger partial charge < -0.3 is 10.6 Å². The van der Waals surface area contributed by atoms with Gasteiger partial charge in [-0.25, -0.2) is 4.99 Å². The molecule has 2 N–H and O–H groups in total. The molecule has 0 amide bonds. The van der Waals surface area contributed by atoms with E-state index < -0.39 is 0 Å². The maximum Gasteiger partial charge on any atom is 0.191 e. The van der Waals surface area contributed by atoms with Gasteiger partial charge in [0.2, 0.25) is 0 Å². The van der Waals surface area contributed by atoms with Gasteiger partial charge in [0.15, 0.2) is 5.96 Å². The summed E-state index contributed by atoms with van der Waals surface area (Å²) in [7, 11) is 2.03. The van der Waals surface area contributed by atoms with Crippen LogP contribution in [0.3, 0.4) is 0 Å². The van der Waals surface area contributed by atoms with Gasteiger partial charge in [-0.05, 0) is 38.2 Å². The first kappa shape index (κ1) is 11.7. The minimum Gasteiger partial charge on any atom is -0.370 e. The predicted octanol–water partition coefficient (Wildman–Crippen LogP) is 1.54. The number of aliphatic imine (C=N–C) groups is 1. The Morgan fingerprint density at radius 1 is 1.64 bits per heavy atom. The van der Waals surface area contributed by atoms with Crippen molar-refractivity contribution in [3.8, 4) is 0 Å². The van der Waals surface area contributed by atoms with Crippen LogP contribution in [0.25, 0.3) is 0 Å². The molecule has 1 fully saturated rings. The van der Waals surface area contributed by atoms with Gasteiger partial charge in [-0.1, -0.05) is 0 Å². The van der Waals surface area contributed by atoms with Gasteiger partial charge in [0.1, 0.15) is 0 Å². The van der Waals surface area contributed by atoms with Gasteiger partial charge in [-0.2, -0.15) is 11.8 Å². The lowest BCUT2D eigenvalue weighted by atomic mass is 10.2. The molecule has 1 unspecified atom stereocenters. The number of rotatable bonds is 5. The van der Waals surface area contributed by atoms with Gasteiger partial charge in [0, 0.05) is 13.1 Å². The van der Waals surface area contributed by atoms with E-state index in [4.69, 9.17) is 5.73 Å². The van der Waals surface area contributed by atoms with Crippen molar-refractivity contribution < 1.29 is 0 Å². The normalized spacial score (nSPS) is 19.5. The van der Waals surface area contributed by atoms with Crippen LogP contribution in [-0.2, 0) is 0 Å². The van der Waals surface area contributed by atoms with Crippen molar-refractivity contribution in [1.82, 2.24) is 4.90 Å². The Balaban J connectivity index is 2.33. The van der Waals surface area contributed by atoms with Crippen LogP contribution in [0.5, 0.6) is 0 Å². The summed E-state index contributed by atoms with van der Waals surface area (Å²) >= 11 is 1.88. The van der Waals surface area contributed by atoms with E-state index in [1.807, 2.05) is 18.8 Å². The monoisotopic (exact) mass is 215 g/mol. The lowest BCUT2D eigenvalue weighted by Gasteiger charge is -2.25. The van der Waals surface area contributed by atoms with E-state index in [1.165, 1.54) is 25.0 Å². The smallest absolute Gasteiger partial charge is 0.191 e. The molecule has 1 aliphatic carbocycles. The van der Waals surface area contributed by atoms with Crippen LogP contribution in [0.15, 0.2) is 4.99 Å². The molecule has 0 radical (unpaired) electrons. The molecule has 0 aromatic carbocycles. The fourth-order valence-corrected chi connectivity index (χ4v) is 1.77. The Bertz CT molecular complexity index is 202. The predicted molar refractivity (Wildman–Crippen MR) is 64.9 cm³/mol. The number of nitrogens with zero attached hydrogens (tertiary/aromatic N) is 2. The summed E-state index contributed by atoms with van der Waals surface area (Å²) in [5.74, 6) is 1.89. The minimum absolute atomic E-state index is 0.491. The topological polar surface area (TPSA) is 41.6 Å². The van der Waals surface area contributed by atoms with Crippen LogP contribution >= 0.6 is 11.8 Å². The van der Waals surface area contributed by atoms with Gasteiger partial charge in [0.05, 0.1) is 6.04 Å². The van der Waals surface area contributed by atoms with Crippen molar-refractivity contribution in [3.05, 3.63) is 0 Å². The van der Waals surface area contributed by atoms with Crippen LogP contribution in [0, 0.1) is 0 Å². The maximum atomic E-state index is 5.90. The van der Waals surface area contributed by atoms with Gasteiger partial charge in [0.25, 0.3) is 0 Å². The number of nitrogens with two attached hydrogens (primary N) is 1. The Kier molecular flexibility index (Phi) is 4.58. The quantitative estimate of drug-likeness (QED) is 0.559. The van der Waals surface area contributed by atoms with E-state index >= 15 is 0 Å². The highest BCUT2D eigenvalue weighted by atomic mass is 32.2. The van der Waals surface area contributed by atoms with Gasteiger partial charge >= 0.3 is 0 Å². The minimum atomic E-state index is 0.491. The SMILES string of the molecule is CSCCC(C)N(C)C(N)=NC1CC1. The van der Waals surface area contributed by atoms with Crippen molar-refractivity contribution in [2.75, 3.05) is 19.1 Å². The van der Waals surface area contributed by atoms with Gasteiger partial charge in [-0.15, -0.1) is 0 Å². The standard InChI is InChI=1S/C10H21N3S/c1-8(6-7-14-3)13(2)10(11)12-9-4-5-9/h8-9H,4-7H2,1-3H3,(H2,11,12). The molecular weight excluding hydrogens is 194 g/mol. The molecule has 1 atom stereocenters. The van der Waals surface area contributed by atoms with Crippen molar-refractivity contribution in [2.24, 2.45) is 10.7 Å². The lowest BCUT2D eigenvalue weighted by Crippen LogP contribution is -2.40. The summed E-state index contributed by atoms with van der Waals surface area (Å²) in [5.41, 5.74) is 5.90. The Hall–Kier alpha value is -0.380. The zero-order valence-electron chi connectivity index (χ0n) is 9.36. The Morgan fingerprint density at radius 2 is 2.29 bits per heavy atom. The molecule has 4 heteroatoms. The summed E-state index contributed by atoms with van der Waals surface area (Å²) in [6.45, 7) is 2.20. The van der Waals surface area contributed by atoms with E-state index in [9.17, 15) is 0 Å². The molecule has 0 heterocycles. The molecule has 3 nitrogen and oxygen atoms in total. The summed E-state index contributed by atoms with van der Waals surface area (Å²) in [5, 5.41) is 0. The summed E-state index contributed by atoms with van der Waals surface area (Å²) in [6, 6.07) is 1.01. The highest BCUT2D eigenvalue weighted by molar-refractivity contribution is 7.98. The maximum absolute atomic E-state index is 5.90. The fraction of sp³-hybridized carbons (Fsp3) is 0.900. The molecule has 14 heavy (non-hydrogen) atoms. The molecule has 0 spiro atoms. The molecule has 1 saturated carbocycles. The van der Waals surface area contributed by atoms with Crippen LogP contribution in [0.1, 0.15) is 26.2 Å². The third kappa shape index (κ3) is 3.78. The van der Waals surface area contributed by atoms with Crippen molar-refractivity contribution in [3.63, 3.8) is 0 Å². The third-order valence-electron chi connectivity index (χ3n) is 2.62. The van der Waals surface area contributed by atoms with Crippen LogP contribution < -0.4 is 5.73 Å². The van der Waals surface area contributed by atoms with Crippen LogP contribution in [0.4, 0.5) is 0 Å². The molecular formula is C10H21N3S.